The van der Waals surface area contributed by atoms with Crippen molar-refractivity contribution in [2.45, 2.75) is 6.04 Å². The van der Waals surface area contributed by atoms with E-state index in [4.69, 9.17) is 4.74 Å². The molecule has 0 aromatic rings. The molecule has 162 valence electrons. The van der Waals surface area contributed by atoms with Crippen LogP contribution in [0.5, 0.6) is 0 Å². The normalized spacial score (nSPS) is 27.8. The summed E-state index contributed by atoms with van der Waals surface area (Å²) in [5, 5.41) is 6.86. The summed E-state index contributed by atoms with van der Waals surface area (Å²) < 4.78 is 5.40. The van der Waals surface area contributed by atoms with Crippen molar-refractivity contribution in [3.8, 4) is 0 Å². The smallest absolute Gasteiger partial charge is 0.243 e. The maximum Gasteiger partial charge on any atom is 0.243 e. The largest absolute Gasteiger partial charge is 0.379 e. The summed E-state index contributed by atoms with van der Waals surface area (Å²) in [6.45, 7) is 12.2. The summed E-state index contributed by atoms with van der Waals surface area (Å²) in [6.07, 6.45) is 0. The molecule has 0 saturated carbocycles. The Kier molecular flexibility index (Phi) is 10.2. The van der Waals surface area contributed by atoms with Gasteiger partial charge in [-0.15, -0.1) is 24.0 Å². The lowest BCUT2D eigenvalue weighted by Crippen LogP contribution is -2.64. The van der Waals surface area contributed by atoms with E-state index in [1.165, 1.54) is 13.1 Å². The van der Waals surface area contributed by atoms with Gasteiger partial charge in [0.2, 0.25) is 5.91 Å². The highest BCUT2D eigenvalue weighted by atomic mass is 127. The SMILES string of the molecule is CN(C)C(=O)CN=C(NCCN1CCOCC1)NCC1CN2CCN1CC2.I. The Morgan fingerprint density at radius 1 is 1.11 bits per heavy atom. The molecular weight excluding hydrogens is 473 g/mol. The lowest BCUT2D eigenvalue weighted by molar-refractivity contribution is -0.127. The molecule has 1 amide bonds. The predicted molar refractivity (Wildman–Crippen MR) is 121 cm³/mol. The van der Waals surface area contributed by atoms with Gasteiger partial charge in [0.1, 0.15) is 6.54 Å². The highest BCUT2D eigenvalue weighted by Gasteiger charge is 2.31. The number of aliphatic imine (C=N–C) groups is 1. The van der Waals surface area contributed by atoms with E-state index in [2.05, 4.69) is 30.3 Å². The molecule has 10 heteroatoms. The maximum atomic E-state index is 11.9. The van der Waals surface area contributed by atoms with Gasteiger partial charge in [0.05, 0.1) is 13.2 Å². The average Bonchev–Trinajstić information content (AvgIpc) is 2.71. The van der Waals surface area contributed by atoms with Crippen LogP contribution in [0.4, 0.5) is 0 Å². The second-order valence-corrected chi connectivity index (χ2v) is 7.71. The topological polar surface area (TPSA) is 75.7 Å². The number of morpholine rings is 1. The molecule has 4 rings (SSSR count). The summed E-state index contributed by atoms with van der Waals surface area (Å²) in [6, 6.07) is 0.517. The van der Waals surface area contributed by atoms with Crippen LogP contribution in [0.2, 0.25) is 0 Å². The molecular formula is C18H36IN7O2. The first-order valence-electron chi connectivity index (χ1n) is 10.1. The Hall–Kier alpha value is -0.690. The van der Waals surface area contributed by atoms with Gasteiger partial charge < -0.3 is 20.3 Å². The van der Waals surface area contributed by atoms with E-state index in [-0.39, 0.29) is 36.4 Å². The molecule has 4 fully saturated rings. The molecule has 4 aliphatic rings. The minimum absolute atomic E-state index is 0. The number of nitrogens with zero attached hydrogens (tertiary/aromatic N) is 5. The van der Waals surface area contributed by atoms with Crippen LogP contribution < -0.4 is 10.6 Å². The number of ether oxygens (including phenoxy) is 1. The standard InChI is InChI=1S/C18H35N7O2.HI/c1-22(2)17(26)14-21-18(19-3-4-23-9-11-27-12-10-23)20-13-16-15-24-5-7-25(16)8-6-24;/h16H,3-15H2,1-2H3,(H2,19,20,21);1H. The zero-order chi connectivity index (χ0) is 19.1. The van der Waals surface area contributed by atoms with Crippen LogP contribution >= 0.6 is 24.0 Å². The van der Waals surface area contributed by atoms with Gasteiger partial charge in [0, 0.05) is 85.6 Å². The van der Waals surface area contributed by atoms with Gasteiger partial charge >= 0.3 is 0 Å². The number of hydrogen-bond acceptors (Lipinski definition) is 6. The third kappa shape index (κ3) is 7.29. The second kappa shape index (κ2) is 12.1. The molecule has 1 atom stereocenters. The number of amides is 1. The number of piperazine rings is 3. The minimum Gasteiger partial charge on any atom is -0.379 e. The van der Waals surface area contributed by atoms with Crippen molar-refractivity contribution >= 4 is 35.8 Å². The van der Waals surface area contributed by atoms with Crippen molar-refractivity contribution in [3.05, 3.63) is 0 Å². The number of hydrogen-bond donors (Lipinski definition) is 2. The molecule has 4 aliphatic heterocycles. The number of carbonyl (C=O) groups is 1. The first kappa shape index (κ1) is 23.6. The highest BCUT2D eigenvalue weighted by Crippen LogP contribution is 2.14. The van der Waals surface area contributed by atoms with Crippen molar-refractivity contribution in [2.75, 3.05) is 99.3 Å². The Morgan fingerprint density at radius 3 is 2.43 bits per heavy atom. The minimum atomic E-state index is 0. The molecule has 4 saturated heterocycles. The van der Waals surface area contributed by atoms with Crippen LogP contribution in [0.15, 0.2) is 4.99 Å². The van der Waals surface area contributed by atoms with Crippen LogP contribution in [0, 0.1) is 0 Å². The Balaban J connectivity index is 0.00000280. The number of rotatable bonds is 7. The first-order chi connectivity index (χ1) is 13.1. The van der Waals surface area contributed by atoms with Crippen LogP contribution in [-0.4, -0.2) is 137 Å². The van der Waals surface area contributed by atoms with E-state index < -0.39 is 0 Å². The van der Waals surface area contributed by atoms with E-state index in [0.717, 1.165) is 71.5 Å². The fourth-order valence-corrected chi connectivity index (χ4v) is 3.75. The molecule has 0 aromatic carbocycles. The van der Waals surface area contributed by atoms with Crippen LogP contribution in [-0.2, 0) is 9.53 Å². The molecule has 2 bridgehead atoms. The monoisotopic (exact) mass is 509 g/mol. The number of guanidine groups is 1. The van der Waals surface area contributed by atoms with E-state index >= 15 is 0 Å². The quantitative estimate of drug-likeness (QED) is 0.248. The predicted octanol–water partition coefficient (Wildman–Crippen LogP) is -1.44. The fraction of sp³-hybridized carbons (Fsp3) is 0.889. The molecule has 0 aromatic heterocycles. The van der Waals surface area contributed by atoms with Crippen LogP contribution in [0.25, 0.3) is 0 Å². The number of carbonyl (C=O) groups excluding carboxylic acids is 1. The lowest BCUT2D eigenvalue weighted by Gasteiger charge is -2.47. The van der Waals surface area contributed by atoms with Gasteiger partial charge in [-0.25, -0.2) is 4.99 Å². The third-order valence-electron chi connectivity index (χ3n) is 5.59. The summed E-state index contributed by atoms with van der Waals surface area (Å²) in [5.74, 6) is 0.743. The van der Waals surface area contributed by atoms with E-state index in [9.17, 15) is 4.79 Å². The Labute approximate surface area is 185 Å². The van der Waals surface area contributed by atoms with E-state index in [1.807, 2.05) is 0 Å². The van der Waals surface area contributed by atoms with Crippen LogP contribution in [0.1, 0.15) is 0 Å². The molecule has 2 N–H and O–H groups in total. The lowest BCUT2D eigenvalue weighted by atomic mass is 10.1. The zero-order valence-electron chi connectivity index (χ0n) is 17.2. The van der Waals surface area contributed by atoms with Gasteiger partial charge in [-0.3, -0.25) is 19.5 Å². The van der Waals surface area contributed by atoms with Crippen molar-refractivity contribution in [2.24, 2.45) is 4.99 Å². The Bertz CT molecular complexity index is 506. The van der Waals surface area contributed by atoms with Gasteiger partial charge in [0.25, 0.3) is 0 Å². The summed E-state index contributed by atoms with van der Waals surface area (Å²) in [4.78, 5) is 25.5. The number of nitrogens with one attached hydrogen (secondary N) is 2. The molecule has 0 radical (unpaired) electrons. The number of fused-ring (bicyclic) bond motifs is 3. The third-order valence-corrected chi connectivity index (χ3v) is 5.59. The zero-order valence-corrected chi connectivity index (χ0v) is 19.6. The Morgan fingerprint density at radius 2 is 1.82 bits per heavy atom. The molecule has 0 spiro atoms. The average molecular weight is 509 g/mol. The molecule has 1 unspecified atom stereocenters. The van der Waals surface area contributed by atoms with Gasteiger partial charge in [-0.05, 0) is 0 Å². The van der Waals surface area contributed by atoms with Crippen molar-refractivity contribution in [1.82, 2.24) is 30.2 Å². The van der Waals surface area contributed by atoms with Gasteiger partial charge in [-0.1, -0.05) is 0 Å². The summed E-state index contributed by atoms with van der Waals surface area (Å²) in [7, 11) is 3.52. The molecule has 0 aliphatic carbocycles. The van der Waals surface area contributed by atoms with Crippen LogP contribution in [0.3, 0.4) is 0 Å². The second-order valence-electron chi connectivity index (χ2n) is 7.71. The summed E-state index contributed by atoms with van der Waals surface area (Å²) in [5.41, 5.74) is 0. The molecule has 28 heavy (non-hydrogen) atoms. The van der Waals surface area contributed by atoms with Crippen molar-refractivity contribution in [3.63, 3.8) is 0 Å². The number of halogens is 1. The van der Waals surface area contributed by atoms with E-state index in [0.29, 0.717) is 6.04 Å². The van der Waals surface area contributed by atoms with Crippen molar-refractivity contribution < 1.29 is 9.53 Å². The van der Waals surface area contributed by atoms with Gasteiger partial charge in [0.15, 0.2) is 5.96 Å². The van der Waals surface area contributed by atoms with Crippen molar-refractivity contribution in [1.29, 1.82) is 0 Å². The molecule has 4 heterocycles. The van der Waals surface area contributed by atoms with Gasteiger partial charge in [-0.2, -0.15) is 0 Å². The maximum absolute atomic E-state index is 11.9. The fourth-order valence-electron chi connectivity index (χ4n) is 3.75. The number of likely N-dealkylation sites (N-methyl/N-ethyl adjacent to an activating group) is 1. The summed E-state index contributed by atoms with van der Waals surface area (Å²) >= 11 is 0. The first-order valence-corrected chi connectivity index (χ1v) is 10.1. The highest BCUT2D eigenvalue weighted by molar-refractivity contribution is 14.0. The van der Waals surface area contributed by atoms with E-state index in [1.54, 1.807) is 19.0 Å². The molecule has 9 nitrogen and oxygen atoms in total.